The van der Waals surface area contributed by atoms with Gasteiger partial charge in [0.1, 0.15) is 5.75 Å². The first kappa shape index (κ1) is 12.4. The van der Waals surface area contributed by atoms with E-state index in [9.17, 15) is 5.11 Å². The van der Waals surface area contributed by atoms with Crippen molar-refractivity contribution in [1.29, 1.82) is 0 Å². The first-order valence-corrected chi connectivity index (χ1v) is 6.90. The smallest absolute Gasteiger partial charge is 0.117 e. The van der Waals surface area contributed by atoms with Crippen LogP contribution in [0, 0.1) is 0 Å². The second kappa shape index (κ2) is 5.14. The lowest BCUT2D eigenvalue weighted by molar-refractivity contribution is 0.374. The zero-order chi connectivity index (χ0) is 13.2. The van der Waals surface area contributed by atoms with E-state index in [1.807, 2.05) is 30.3 Å². The summed E-state index contributed by atoms with van der Waals surface area (Å²) in [5.74, 6) is 0.843. The minimum Gasteiger partial charge on any atom is -0.508 e. The molecule has 0 heterocycles. The van der Waals surface area contributed by atoms with Crippen LogP contribution >= 0.6 is 11.6 Å². The van der Waals surface area contributed by atoms with Crippen LogP contribution in [-0.4, -0.2) is 11.1 Å². The summed E-state index contributed by atoms with van der Waals surface area (Å²) in [6, 6.07) is 15.8. The van der Waals surface area contributed by atoms with Gasteiger partial charge in [0.05, 0.1) is 0 Å². The van der Waals surface area contributed by atoms with E-state index < -0.39 is 0 Å². The van der Waals surface area contributed by atoms with Gasteiger partial charge in [0.15, 0.2) is 0 Å². The number of nitrogens with one attached hydrogen (secondary N) is 1. The van der Waals surface area contributed by atoms with Crippen molar-refractivity contribution in [3.63, 3.8) is 0 Å². The molecule has 2 N–H and O–H groups in total. The monoisotopic (exact) mass is 273 g/mol. The Kier molecular flexibility index (Phi) is 3.34. The summed E-state index contributed by atoms with van der Waals surface area (Å²) in [5.41, 5.74) is 2.22. The highest BCUT2D eigenvalue weighted by Crippen LogP contribution is 2.41. The number of rotatable bonds is 3. The summed E-state index contributed by atoms with van der Waals surface area (Å²) >= 11 is 6.21. The van der Waals surface area contributed by atoms with Crippen molar-refractivity contribution >= 4 is 17.3 Å². The fraction of sp³-hybridized carbons (Fsp3) is 0.250. The van der Waals surface area contributed by atoms with Crippen molar-refractivity contribution in [3.05, 3.63) is 59.1 Å². The average molecular weight is 274 g/mol. The van der Waals surface area contributed by atoms with Gasteiger partial charge in [0.25, 0.3) is 0 Å². The quantitative estimate of drug-likeness (QED) is 0.868. The lowest BCUT2D eigenvalue weighted by atomic mass is 9.76. The van der Waals surface area contributed by atoms with Crippen LogP contribution in [-0.2, 0) is 0 Å². The van der Waals surface area contributed by atoms with Crippen molar-refractivity contribution in [2.45, 2.75) is 24.8 Å². The fourth-order valence-electron chi connectivity index (χ4n) is 2.63. The molecule has 2 aromatic rings. The van der Waals surface area contributed by atoms with E-state index in [1.54, 1.807) is 12.1 Å². The normalized spacial score (nSPS) is 21.7. The number of hydrogen-bond acceptors (Lipinski definition) is 2. The highest BCUT2D eigenvalue weighted by atomic mass is 35.5. The second-order valence-corrected chi connectivity index (χ2v) is 5.49. The molecule has 0 radical (unpaired) electrons. The molecule has 0 saturated heterocycles. The van der Waals surface area contributed by atoms with Gasteiger partial charge < -0.3 is 10.4 Å². The molecule has 0 unspecified atom stereocenters. The molecule has 0 spiro atoms. The maximum atomic E-state index is 9.43. The van der Waals surface area contributed by atoms with Gasteiger partial charge in [-0.15, -0.1) is 0 Å². The summed E-state index contributed by atoms with van der Waals surface area (Å²) in [7, 11) is 0. The maximum absolute atomic E-state index is 9.43. The molecule has 1 fully saturated rings. The third-order valence-electron chi connectivity index (χ3n) is 3.70. The van der Waals surface area contributed by atoms with Crippen LogP contribution in [0.4, 0.5) is 5.69 Å². The lowest BCUT2D eigenvalue weighted by Gasteiger charge is -2.37. The van der Waals surface area contributed by atoms with Gasteiger partial charge in [0.2, 0.25) is 0 Å². The molecule has 3 heteroatoms. The molecular weight excluding hydrogens is 258 g/mol. The fourth-order valence-corrected chi connectivity index (χ4v) is 2.92. The summed E-state index contributed by atoms with van der Waals surface area (Å²) < 4.78 is 0. The van der Waals surface area contributed by atoms with Crippen molar-refractivity contribution < 1.29 is 5.11 Å². The Balaban J connectivity index is 1.60. The lowest BCUT2D eigenvalue weighted by Crippen LogP contribution is -2.34. The third-order valence-corrected chi connectivity index (χ3v) is 4.04. The van der Waals surface area contributed by atoms with Gasteiger partial charge in [-0.05, 0) is 42.5 Å². The molecule has 0 bridgehead atoms. The van der Waals surface area contributed by atoms with E-state index in [2.05, 4.69) is 11.4 Å². The van der Waals surface area contributed by atoms with E-state index >= 15 is 0 Å². The number of phenolic OH excluding ortho intramolecular Hbond substituents is 1. The van der Waals surface area contributed by atoms with Crippen LogP contribution in [0.1, 0.15) is 24.3 Å². The Labute approximate surface area is 118 Å². The van der Waals surface area contributed by atoms with Crippen molar-refractivity contribution in [2.75, 3.05) is 5.32 Å². The number of phenols is 1. The number of halogens is 1. The Morgan fingerprint density at radius 1 is 1.05 bits per heavy atom. The summed E-state index contributed by atoms with van der Waals surface area (Å²) in [4.78, 5) is 0. The van der Waals surface area contributed by atoms with E-state index in [4.69, 9.17) is 11.6 Å². The average Bonchev–Trinajstić information content (AvgIpc) is 2.35. The Morgan fingerprint density at radius 3 is 2.58 bits per heavy atom. The Hall–Kier alpha value is -1.67. The third kappa shape index (κ3) is 2.69. The molecule has 1 aliphatic carbocycles. The van der Waals surface area contributed by atoms with Crippen LogP contribution < -0.4 is 5.32 Å². The molecular formula is C16H16ClNO. The maximum Gasteiger partial charge on any atom is 0.117 e. The van der Waals surface area contributed by atoms with E-state index in [1.165, 1.54) is 5.56 Å². The van der Waals surface area contributed by atoms with Crippen molar-refractivity contribution in [1.82, 2.24) is 0 Å². The summed E-state index contributed by atoms with van der Waals surface area (Å²) in [5, 5.41) is 13.7. The van der Waals surface area contributed by atoms with Crippen LogP contribution in [0.5, 0.6) is 5.75 Å². The highest BCUT2D eigenvalue weighted by Gasteiger charge is 2.31. The molecule has 19 heavy (non-hydrogen) atoms. The van der Waals surface area contributed by atoms with Crippen LogP contribution in [0.15, 0.2) is 48.5 Å². The van der Waals surface area contributed by atoms with Gasteiger partial charge in [-0.2, -0.15) is 0 Å². The van der Waals surface area contributed by atoms with Gasteiger partial charge in [-0.3, -0.25) is 0 Å². The minimum absolute atomic E-state index is 0.298. The van der Waals surface area contributed by atoms with Crippen molar-refractivity contribution in [3.8, 4) is 5.75 Å². The largest absolute Gasteiger partial charge is 0.508 e. The number of anilines is 1. The van der Waals surface area contributed by atoms with Gasteiger partial charge in [-0.1, -0.05) is 35.9 Å². The van der Waals surface area contributed by atoms with E-state index in [0.717, 1.165) is 23.6 Å². The van der Waals surface area contributed by atoms with Crippen LogP contribution in [0.3, 0.4) is 0 Å². The Morgan fingerprint density at radius 2 is 1.84 bits per heavy atom. The molecule has 98 valence electrons. The molecule has 2 aromatic carbocycles. The topological polar surface area (TPSA) is 32.3 Å². The minimum atomic E-state index is 0.298. The van der Waals surface area contributed by atoms with E-state index in [-0.39, 0.29) is 0 Å². The molecule has 3 rings (SSSR count). The number of hydrogen-bond donors (Lipinski definition) is 2. The zero-order valence-electron chi connectivity index (χ0n) is 10.5. The number of benzene rings is 2. The highest BCUT2D eigenvalue weighted by molar-refractivity contribution is 6.31. The van der Waals surface area contributed by atoms with Crippen molar-refractivity contribution in [2.24, 2.45) is 0 Å². The molecule has 2 nitrogen and oxygen atoms in total. The molecule has 0 atom stereocenters. The molecule has 0 aliphatic heterocycles. The first-order valence-electron chi connectivity index (χ1n) is 6.52. The molecule has 1 saturated carbocycles. The summed E-state index contributed by atoms with van der Waals surface area (Å²) in [6.07, 6.45) is 2.17. The second-order valence-electron chi connectivity index (χ2n) is 5.08. The van der Waals surface area contributed by atoms with Gasteiger partial charge >= 0.3 is 0 Å². The van der Waals surface area contributed by atoms with Crippen LogP contribution in [0.2, 0.25) is 5.02 Å². The molecule has 0 amide bonds. The zero-order valence-corrected chi connectivity index (χ0v) is 11.3. The SMILES string of the molecule is Oc1cccc(NC2CC(c3ccccc3Cl)C2)c1. The molecule has 0 aromatic heterocycles. The summed E-state index contributed by atoms with van der Waals surface area (Å²) in [6.45, 7) is 0. The van der Waals surface area contributed by atoms with Crippen LogP contribution in [0.25, 0.3) is 0 Å². The standard InChI is InChI=1S/C16H16ClNO/c17-16-7-2-1-6-15(16)11-8-13(9-11)18-12-4-3-5-14(19)10-12/h1-7,10-11,13,18-19H,8-9H2. The Bertz CT molecular complexity index is 578. The first-order chi connectivity index (χ1) is 9.22. The predicted octanol–water partition coefficient (Wildman–Crippen LogP) is 4.40. The van der Waals surface area contributed by atoms with Gasteiger partial charge in [-0.25, -0.2) is 0 Å². The van der Waals surface area contributed by atoms with E-state index in [0.29, 0.717) is 17.7 Å². The molecule has 1 aliphatic rings. The number of aromatic hydroxyl groups is 1. The van der Waals surface area contributed by atoms with Gasteiger partial charge in [0, 0.05) is 22.8 Å². The predicted molar refractivity (Wildman–Crippen MR) is 78.9 cm³/mol.